The Morgan fingerprint density at radius 1 is 0.476 bits per heavy atom. The molecule has 0 radical (unpaired) electrons. The van der Waals surface area contributed by atoms with Gasteiger partial charge in [-0.15, -0.1) is 0 Å². The van der Waals surface area contributed by atoms with Gasteiger partial charge in [-0.2, -0.15) is 0 Å². The standard InChI is InChI=1S/C19H40O2/c1-3-5-7-8-9-10-11-12-15-19(21)17-13-16-18(20)14-6-4-2/h18-21H,3-17H2,1-2H3. The van der Waals surface area contributed by atoms with E-state index in [-0.39, 0.29) is 12.2 Å². The topological polar surface area (TPSA) is 40.5 Å². The normalized spacial score (nSPS) is 14.3. The zero-order chi connectivity index (χ0) is 15.8. The highest BCUT2D eigenvalue weighted by molar-refractivity contribution is 4.61. The smallest absolute Gasteiger partial charge is 0.0540 e. The van der Waals surface area contributed by atoms with E-state index in [1.807, 2.05) is 0 Å². The summed E-state index contributed by atoms with van der Waals surface area (Å²) in [7, 11) is 0. The van der Waals surface area contributed by atoms with Gasteiger partial charge in [-0.25, -0.2) is 0 Å². The molecule has 2 heteroatoms. The van der Waals surface area contributed by atoms with Crippen LogP contribution in [0.15, 0.2) is 0 Å². The van der Waals surface area contributed by atoms with Crippen molar-refractivity contribution in [3.63, 3.8) is 0 Å². The van der Waals surface area contributed by atoms with E-state index in [9.17, 15) is 10.2 Å². The van der Waals surface area contributed by atoms with Crippen LogP contribution in [0.25, 0.3) is 0 Å². The number of rotatable bonds is 16. The summed E-state index contributed by atoms with van der Waals surface area (Å²) in [5.41, 5.74) is 0. The van der Waals surface area contributed by atoms with Crippen LogP contribution in [-0.4, -0.2) is 22.4 Å². The average molecular weight is 301 g/mol. The molecule has 2 atom stereocenters. The molecule has 0 saturated heterocycles. The number of hydrogen-bond donors (Lipinski definition) is 2. The van der Waals surface area contributed by atoms with Gasteiger partial charge in [0.1, 0.15) is 0 Å². The fraction of sp³-hybridized carbons (Fsp3) is 1.00. The highest BCUT2D eigenvalue weighted by atomic mass is 16.3. The summed E-state index contributed by atoms with van der Waals surface area (Å²) in [6.45, 7) is 4.41. The lowest BCUT2D eigenvalue weighted by Crippen LogP contribution is -2.10. The Labute approximate surface area is 133 Å². The Balaban J connectivity index is 3.25. The first-order valence-corrected chi connectivity index (χ1v) is 9.56. The Morgan fingerprint density at radius 2 is 0.857 bits per heavy atom. The summed E-state index contributed by atoms with van der Waals surface area (Å²) in [5.74, 6) is 0. The molecule has 0 amide bonds. The Morgan fingerprint density at radius 3 is 1.38 bits per heavy atom. The van der Waals surface area contributed by atoms with Crippen molar-refractivity contribution in [2.75, 3.05) is 0 Å². The molecule has 0 fully saturated rings. The monoisotopic (exact) mass is 300 g/mol. The molecule has 0 aromatic carbocycles. The van der Waals surface area contributed by atoms with Gasteiger partial charge in [-0.1, -0.05) is 78.1 Å². The van der Waals surface area contributed by atoms with Gasteiger partial charge >= 0.3 is 0 Å². The maximum atomic E-state index is 9.93. The molecule has 0 aliphatic carbocycles. The van der Waals surface area contributed by atoms with Crippen molar-refractivity contribution < 1.29 is 10.2 Å². The van der Waals surface area contributed by atoms with E-state index in [2.05, 4.69) is 13.8 Å². The molecule has 0 rings (SSSR count). The molecule has 128 valence electrons. The molecule has 0 spiro atoms. The molecule has 0 aromatic rings. The van der Waals surface area contributed by atoms with Crippen LogP contribution in [0.4, 0.5) is 0 Å². The maximum Gasteiger partial charge on any atom is 0.0540 e. The first-order chi connectivity index (χ1) is 10.2. The highest BCUT2D eigenvalue weighted by Gasteiger charge is 2.07. The molecule has 0 heterocycles. The fourth-order valence-electron chi connectivity index (χ4n) is 2.83. The molecule has 0 aliphatic rings. The van der Waals surface area contributed by atoms with Crippen LogP contribution in [0.1, 0.15) is 110 Å². The van der Waals surface area contributed by atoms with Gasteiger partial charge in [0, 0.05) is 0 Å². The van der Waals surface area contributed by atoms with Crippen molar-refractivity contribution in [1.82, 2.24) is 0 Å². The van der Waals surface area contributed by atoms with Crippen LogP contribution in [-0.2, 0) is 0 Å². The second kappa shape index (κ2) is 16.3. The van der Waals surface area contributed by atoms with Gasteiger partial charge in [-0.05, 0) is 32.1 Å². The van der Waals surface area contributed by atoms with E-state index in [1.54, 1.807) is 0 Å². The van der Waals surface area contributed by atoms with Crippen molar-refractivity contribution in [2.45, 2.75) is 122 Å². The third kappa shape index (κ3) is 16.1. The van der Waals surface area contributed by atoms with Gasteiger partial charge in [-0.3, -0.25) is 0 Å². The molecular weight excluding hydrogens is 260 g/mol. The molecule has 2 unspecified atom stereocenters. The van der Waals surface area contributed by atoms with Crippen molar-refractivity contribution in [3.8, 4) is 0 Å². The largest absolute Gasteiger partial charge is 0.393 e. The van der Waals surface area contributed by atoms with Crippen LogP contribution in [0.2, 0.25) is 0 Å². The van der Waals surface area contributed by atoms with Crippen molar-refractivity contribution in [3.05, 3.63) is 0 Å². The Kier molecular flexibility index (Phi) is 16.2. The number of unbranched alkanes of at least 4 members (excludes halogenated alkanes) is 8. The minimum Gasteiger partial charge on any atom is -0.393 e. The third-order valence-electron chi connectivity index (χ3n) is 4.36. The number of aliphatic hydroxyl groups is 2. The second-order valence-corrected chi connectivity index (χ2v) is 6.64. The summed E-state index contributed by atoms with van der Waals surface area (Å²) in [6.07, 6.45) is 17.1. The summed E-state index contributed by atoms with van der Waals surface area (Å²) in [5, 5.41) is 19.7. The van der Waals surface area contributed by atoms with E-state index in [0.29, 0.717) is 0 Å². The van der Waals surface area contributed by atoms with E-state index in [0.717, 1.165) is 51.4 Å². The number of hydrogen-bond acceptors (Lipinski definition) is 2. The van der Waals surface area contributed by atoms with Crippen molar-refractivity contribution in [2.24, 2.45) is 0 Å². The SMILES string of the molecule is CCCCCCCCCCC(O)CCCC(O)CCCC. The van der Waals surface area contributed by atoms with Crippen LogP contribution >= 0.6 is 0 Å². The second-order valence-electron chi connectivity index (χ2n) is 6.64. The third-order valence-corrected chi connectivity index (χ3v) is 4.36. The van der Waals surface area contributed by atoms with E-state index < -0.39 is 0 Å². The lowest BCUT2D eigenvalue weighted by Gasteiger charge is -2.13. The Hall–Kier alpha value is -0.0800. The minimum absolute atomic E-state index is 0.150. The van der Waals surface area contributed by atoms with E-state index in [4.69, 9.17) is 0 Å². The van der Waals surface area contributed by atoms with Crippen LogP contribution < -0.4 is 0 Å². The van der Waals surface area contributed by atoms with Crippen LogP contribution in [0.3, 0.4) is 0 Å². The summed E-state index contributed by atoms with van der Waals surface area (Å²) >= 11 is 0. The number of aliphatic hydroxyl groups excluding tert-OH is 2. The molecule has 2 N–H and O–H groups in total. The molecule has 2 nitrogen and oxygen atoms in total. The van der Waals surface area contributed by atoms with Gasteiger partial charge in [0.2, 0.25) is 0 Å². The summed E-state index contributed by atoms with van der Waals surface area (Å²) < 4.78 is 0. The molecule has 0 saturated carbocycles. The molecule has 21 heavy (non-hydrogen) atoms. The zero-order valence-corrected chi connectivity index (χ0v) is 14.7. The summed E-state index contributed by atoms with van der Waals surface area (Å²) in [6, 6.07) is 0. The maximum absolute atomic E-state index is 9.93. The van der Waals surface area contributed by atoms with E-state index >= 15 is 0 Å². The molecule has 0 aromatic heterocycles. The lowest BCUT2D eigenvalue weighted by atomic mass is 10.0. The summed E-state index contributed by atoms with van der Waals surface area (Å²) in [4.78, 5) is 0. The highest BCUT2D eigenvalue weighted by Crippen LogP contribution is 2.14. The van der Waals surface area contributed by atoms with Gasteiger partial charge in [0.05, 0.1) is 12.2 Å². The van der Waals surface area contributed by atoms with Gasteiger partial charge < -0.3 is 10.2 Å². The lowest BCUT2D eigenvalue weighted by molar-refractivity contribution is 0.121. The predicted molar refractivity (Wildman–Crippen MR) is 92.6 cm³/mol. The molecule has 0 aliphatic heterocycles. The molecule has 0 bridgehead atoms. The quantitative estimate of drug-likeness (QED) is 0.364. The van der Waals surface area contributed by atoms with Crippen molar-refractivity contribution >= 4 is 0 Å². The van der Waals surface area contributed by atoms with Crippen LogP contribution in [0.5, 0.6) is 0 Å². The zero-order valence-electron chi connectivity index (χ0n) is 14.7. The van der Waals surface area contributed by atoms with Gasteiger partial charge in [0.25, 0.3) is 0 Å². The van der Waals surface area contributed by atoms with Gasteiger partial charge in [0.15, 0.2) is 0 Å². The predicted octanol–water partition coefficient (Wildman–Crippen LogP) is 5.60. The van der Waals surface area contributed by atoms with E-state index in [1.165, 1.54) is 44.9 Å². The van der Waals surface area contributed by atoms with Crippen LogP contribution in [0, 0.1) is 0 Å². The van der Waals surface area contributed by atoms with Crippen molar-refractivity contribution in [1.29, 1.82) is 0 Å². The first-order valence-electron chi connectivity index (χ1n) is 9.56. The first kappa shape index (κ1) is 20.9. The fourth-order valence-corrected chi connectivity index (χ4v) is 2.83. The average Bonchev–Trinajstić information content (AvgIpc) is 2.48. The Bertz CT molecular complexity index is 194. The minimum atomic E-state index is -0.153. The molecular formula is C19H40O2.